The van der Waals surface area contributed by atoms with E-state index in [0.29, 0.717) is 12.1 Å². The smallest absolute Gasteiger partial charge is 0.334 e. The number of benzene rings is 1. The van der Waals surface area contributed by atoms with Gasteiger partial charge in [0.25, 0.3) is 5.69 Å². The zero-order valence-electron chi connectivity index (χ0n) is 12.0. The van der Waals surface area contributed by atoms with Gasteiger partial charge in [-0.3, -0.25) is 14.9 Å². The maximum atomic E-state index is 12.3. The van der Waals surface area contributed by atoms with E-state index in [1.54, 1.807) is 13.0 Å². The molecule has 1 unspecified atom stereocenters. The first-order valence-corrected chi connectivity index (χ1v) is 6.76. The van der Waals surface area contributed by atoms with Gasteiger partial charge in [0.2, 0.25) is 5.91 Å². The fraction of sp³-hybridized carbons (Fsp3) is 0.429. The molecule has 8 nitrogen and oxygen atoms in total. The first kappa shape index (κ1) is 15.9. The van der Waals surface area contributed by atoms with Crippen molar-refractivity contribution in [3.8, 4) is 0 Å². The fourth-order valence-corrected chi connectivity index (χ4v) is 2.36. The van der Waals surface area contributed by atoms with Crippen LogP contribution in [0.1, 0.15) is 12.5 Å². The molecule has 118 valence electrons. The monoisotopic (exact) mass is 308 g/mol. The number of carboxylic acids is 1. The van der Waals surface area contributed by atoms with Gasteiger partial charge in [0.05, 0.1) is 24.0 Å². The van der Waals surface area contributed by atoms with E-state index >= 15 is 0 Å². The fourth-order valence-electron chi connectivity index (χ4n) is 2.36. The average molecular weight is 308 g/mol. The van der Waals surface area contributed by atoms with Gasteiger partial charge in [-0.05, 0) is 12.5 Å². The zero-order valence-corrected chi connectivity index (χ0v) is 12.0. The molecule has 0 aliphatic carbocycles. The topological polar surface area (TPSA) is 110 Å². The van der Waals surface area contributed by atoms with E-state index < -0.39 is 17.0 Å². The number of morpholine rings is 1. The summed E-state index contributed by atoms with van der Waals surface area (Å²) in [5.41, 5.74) is 0.439. The molecule has 1 saturated heterocycles. The summed E-state index contributed by atoms with van der Waals surface area (Å²) >= 11 is 0. The Balaban J connectivity index is 2.06. The Labute approximate surface area is 126 Å². The van der Waals surface area contributed by atoms with Gasteiger partial charge in [-0.15, -0.1) is 0 Å². The molecule has 0 spiro atoms. The predicted molar refractivity (Wildman–Crippen MR) is 75.4 cm³/mol. The Morgan fingerprint density at radius 2 is 2.18 bits per heavy atom. The molecule has 1 aromatic rings. The van der Waals surface area contributed by atoms with Crippen LogP contribution in [0, 0.1) is 10.1 Å². The lowest BCUT2D eigenvalue weighted by Crippen LogP contribution is -2.52. The van der Waals surface area contributed by atoms with Gasteiger partial charge in [0.1, 0.15) is 0 Å². The maximum Gasteiger partial charge on any atom is 0.334 e. The Bertz CT molecular complexity index is 603. The van der Waals surface area contributed by atoms with E-state index in [1.807, 2.05) is 0 Å². The van der Waals surface area contributed by atoms with Crippen molar-refractivity contribution in [1.29, 1.82) is 0 Å². The molecule has 1 aliphatic rings. The molecule has 1 amide bonds. The summed E-state index contributed by atoms with van der Waals surface area (Å²) < 4.78 is 5.25. The number of aliphatic carboxylic acids is 1. The molecule has 0 saturated carbocycles. The minimum absolute atomic E-state index is 0.0132. The first-order valence-electron chi connectivity index (χ1n) is 6.76. The molecule has 8 heteroatoms. The van der Waals surface area contributed by atoms with Crippen molar-refractivity contribution < 1.29 is 24.4 Å². The molecule has 1 aromatic carbocycles. The highest BCUT2D eigenvalue weighted by Gasteiger charge is 2.32. The highest BCUT2D eigenvalue weighted by atomic mass is 16.6. The summed E-state index contributed by atoms with van der Waals surface area (Å²) in [5, 5.41) is 19.7. The normalized spacial score (nSPS) is 21.4. The highest BCUT2D eigenvalue weighted by molar-refractivity contribution is 5.80. The number of carbonyl (C=O) groups is 2. The number of amides is 1. The van der Waals surface area contributed by atoms with Crippen LogP contribution in [0.4, 0.5) is 5.69 Å². The molecule has 22 heavy (non-hydrogen) atoms. The molecular formula is C14H16N2O6. The Morgan fingerprint density at radius 3 is 2.82 bits per heavy atom. The van der Waals surface area contributed by atoms with Gasteiger partial charge in [0.15, 0.2) is 6.10 Å². The van der Waals surface area contributed by atoms with Crippen LogP contribution in [0.15, 0.2) is 24.3 Å². The van der Waals surface area contributed by atoms with E-state index in [0.717, 1.165) is 0 Å². The van der Waals surface area contributed by atoms with E-state index in [-0.39, 0.29) is 30.7 Å². The van der Waals surface area contributed by atoms with Crippen molar-refractivity contribution in [3.63, 3.8) is 0 Å². The summed E-state index contributed by atoms with van der Waals surface area (Å²) in [6, 6.07) is 5.84. The lowest BCUT2D eigenvalue weighted by Gasteiger charge is -2.35. The number of rotatable bonds is 4. The number of nitro benzene ring substituents is 1. The largest absolute Gasteiger partial charge is 0.479 e. The third kappa shape index (κ3) is 3.79. The number of non-ortho nitro benzene ring substituents is 1. The molecule has 1 heterocycles. The maximum absolute atomic E-state index is 12.3. The number of hydrogen-bond donors (Lipinski definition) is 1. The summed E-state index contributed by atoms with van der Waals surface area (Å²) in [4.78, 5) is 34.9. The lowest BCUT2D eigenvalue weighted by atomic mass is 10.1. The highest BCUT2D eigenvalue weighted by Crippen LogP contribution is 2.16. The molecule has 0 aromatic heterocycles. The first-order chi connectivity index (χ1) is 10.4. The van der Waals surface area contributed by atoms with Crippen LogP contribution in [0.2, 0.25) is 0 Å². The van der Waals surface area contributed by atoms with Gasteiger partial charge in [-0.25, -0.2) is 4.79 Å². The average Bonchev–Trinajstić information content (AvgIpc) is 2.46. The molecule has 1 fully saturated rings. The third-order valence-corrected chi connectivity index (χ3v) is 3.37. The predicted octanol–water partition coefficient (Wildman–Crippen LogP) is 0.838. The summed E-state index contributed by atoms with van der Waals surface area (Å²) in [6.45, 7) is 1.98. The summed E-state index contributed by atoms with van der Waals surface area (Å²) in [5.74, 6) is -1.39. The van der Waals surface area contributed by atoms with Crippen LogP contribution in [0.25, 0.3) is 0 Å². The second-order valence-corrected chi connectivity index (χ2v) is 5.18. The number of ether oxygens (including phenoxy) is 1. The van der Waals surface area contributed by atoms with Crippen LogP contribution < -0.4 is 0 Å². The molecule has 1 N–H and O–H groups in total. The standard InChI is InChI=1S/C14H16N2O6/c1-9-7-15(8-12(22-9)14(18)19)13(17)6-10-3-2-4-11(5-10)16(20)21/h2-5,9,12H,6-8H2,1H3,(H,18,19)/t9-,12?/m1/s1. The lowest BCUT2D eigenvalue weighted by molar-refractivity contribution is -0.384. The Morgan fingerprint density at radius 1 is 1.45 bits per heavy atom. The Hall–Kier alpha value is -2.48. The van der Waals surface area contributed by atoms with Gasteiger partial charge in [-0.2, -0.15) is 0 Å². The van der Waals surface area contributed by atoms with Gasteiger partial charge in [0, 0.05) is 18.7 Å². The number of nitrogens with zero attached hydrogens (tertiary/aromatic N) is 2. The quantitative estimate of drug-likeness (QED) is 0.652. The van der Waals surface area contributed by atoms with Crippen LogP contribution in [0.3, 0.4) is 0 Å². The van der Waals surface area contributed by atoms with Crippen LogP contribution in [0.5, 0.6) is 0 Å². The van der Waals surface area contributed by atoms with Gasteiger partial charge in [-0.1, -0.05) is 12.1 Å². The zero-order chi connectivity index (χ0) is 16.3. The third-order valence-electron chi connectivity index (χ3n) is 3.37. The molecule has 2 atom stereocenters. The minimum Gasteiger partial charge on any atom is -0.479 e. The number of carboxylic acid groups (broad SMARTS) is 1. The van der Waals surface area contributed by atoms with Crippen molar-refractivity contribution >= 4 is 17.6 Å². The summed E-state index contributed by atoms with van der Waals surface area (Å²) in [6.07, 6.45) is -1.43. The number of hydrogen-bond acceptors (Lipinski definition) is 5. The van der Waals surface area contributed by atoms with Crippen LogP contribution >= 0.6 is 0 Å². The van der Waals surface area contributed by atoms with Gasteiger partial charge >= 0.3 is 5.97 Å². The van der Waals surface area contributed by atoms with E-state index in [1.165, 1.54) is 23.1 Å². The Kier molecular flexibility index (Phi) is 4.71. The molecule has 2 rings (SSSR count). The number of nitro groups is 1. The van der Waals surface area contributed by atoms with E-state index in [9.17, 15) is 19.7 Å². The van der Waals surface area contributed by atoms with E-state index in [2.05, 4.69) is 0 Å². The van der Waals surface area contributed by atoms with Crippen LogP contribution in [-0.2, 0) is 20.7 Å². The van der Waals surface area contributed by atoms with Crippen molar-refractivity contribution in [3.05, 3.63) is 39.9 Å². The SMILES string of the molecule is C[C@@H]1CN(C(=O)Cc2cccc([N+](=O)[O-])c2)CC(C(=O)O)O1. The molecule has 1 aliphatic heterocycles. The van der Waals surface area contributed by atoms with Crippen molar-refractivity contribution in [2.24, 2.45) is 0 Å². The van der Waals surface area contributed by atoms with Crippen molar-refractivity contribution in [2.45, 2.75) is 25.6 Å². The van der Waals surface area contributed by atoms with E-state index in [4.69, 9.17) is 9.84 Å². The molecule has 0 radical (unpaired) electrons. The van der Waals surface area contributed by atoms with Gasteiger partial charge < -0.3 is 14.7 Å². The molecule has 0 bridgehead atoms. The van der Waals surface area contributed by atoms with Crippen molar-refractivity contribution in [1.82, 2.24) is 4.90 Å². The van der Waals surface area contributed by atoms with Crippen molar-refractivity contribution in [2.75, 3.05) is 13.1 Å². The second kappa shape index (κ2) is 6.52. The van der Waals surface area contributed by atoms with Crippen LogP contribution in [-0.4, -0.2) is 52.1 Å². The minimum atomic E-state index is -1.11. The summed E-state index contributed by atoms with van der Waals surface area (Å²) in [7, 11) is 0. The number of carbonyl (C=O) groups excluding carboxylic acids is 1. The second-order valence-electron chi connectivity index (χ2n) is 5.18. The molecular weight excluding hydrogens is 292 g/mol.